The van der Waals surface area contributed by atoms with Crippen molar-refractivity contribution in [1.82, 2.24) is 9.88 Å². The van der Waals surface area contributed by atoms with Crippen LogP contribution in [0.4, 0.5) is 0 Å². The van der Waals surface area contributed by atoms with Crippen LogP contribution >= 0.6 is 11.3 Å². The highest BCUT2D eigenvalue weighted by atomic mass is 32.1. The first-order valence-corrected chi connectivity index (χ1v) is 7.60. The molecule has 1 rings (SSSR count). The van der Waals surface area contributed by atoms with E-state index < -0.39 is 0 Å². The molecule has 0 aliphatic carbocycles. The highest BCUT2D eigenvalue weighted by molar-refractivity contribution is 7.09. The largest absolute Gasteiger partial charge is 0.330 e. The summed E-state index contributed by atoms with van der Waals surface area (Å²) >= 11 is 1.73. The Hall–Kier alpha value is -0.450. The van der Waals surface area contributed by atoms with E-state index in [-0.39, 0.29) is 0 Å². The van der Waals surface area contributed by atoms with E-state index in [9.17, 15) is 0 Å². The summed E-state index contributed by atoms with van der Waals surface area (Å²) in [4.78, 5) is 6.84. The summed E-state index contributed by atoms with van der Waals surface area (Å²) in [7, 11) is 2.17. The Labute approximate surface area is 115 Å². The Morgan fingerprint density at radius 3 is 2.67 bits per heavy atom. The van der Waals surface area contributed by atoms with Gasteiger partial charge in [0.15, 0.2) is 0 Å². The molecular formula is C14H27N3S. The lowest BCUT2D eigenvalue weighted by Gasteiger charge is -2.22. The molecule has 0 atom stereocenters. The van der Waals surface area contributed by atoms with Crippen LogP contribution in [0.25, 0.3) is 0 Å². The van der Waals surface area contributed by atoms with Crippen molar-refractivity contribution in [3.05, 3.63) is 16.1 Å². The van der Waals surface area contributed by atoms with Crippen LogP contribution in [0.2, 0.25) is 0 Å². The summed E-state index contributed by atoms with van der Waals surface area (Å²) in [5.41, 5.74) is 7.23. The van der Waals surface area contributed by atoms with Crippen molar-refractivity contribution in [1.29, 1.82) is 0 Å². The second-order valence-electron chi connectivity index (χ2n) is 5.92. The van der Waals surface area contributed by atoms with Gasteiger partial charge in [0.2, 0.25) is 0 Å². The van der Waals surface area contributed by atoms with Gasteiger partial charge in [-0.2, -0.15) is 0 Å². The van der Waals surface area contributed by atoms with Crippen molar-refractivity contribution in [2.75, 3.05) is 20.1 Å². The first kappa shape index (κ1) is 15.6. The van der Waals surface area contributed by atoms with Gasteiger partial charge in [-0.25, -0.2) is 4.98 Å². The number of rotatable bonds is 8. The number of hydrogen-bond acceptors (Lipinski definition) is 4. The van der Waals surface area contributed by atoms with Crippen molar-refractivity contribution in [2.45, 2.75) is 46.6 Å². The van der Waals surface area contributed by atoms with Crippen LogP contribution in [0.5, 0.6) is 0 Å². The van der Waals surface area contributed by atoms with Crippen LogP contribution in [-0.4, -0.2) is 30.0 Å². The van der Waals surface area contributed by atoms with Crippen molar-refractivity contribution in [3.8, 4) is 0 Å². The third-order valence-corrected chi connectivity index (χ3v) is 4.12. The predicted octanol–water partition coefficient (Wildman–Crippen LogP) is 3.04. The van der Waals surface area contributed by atoms with Gasteiger partial charge in [0.1, 0.15) is 0 Å². The van der Waals surface area contributed by atoms with Crippen LogP contribution in [0.1, 0.15) is 43.8 Å². The lowest BCUT2D eigenvalue weighted by atomic mass is 9.87. The van der Waals surface area contributed by atoms with Crippen LogP contribution < -0.4 is 5.73 Å². The molecule has 0 bridgehead atoms. The Morgan fingerprint density at radius 2 is 2.11 bits per heavy atom. The van der Waals surface area contributed by atoms with Crippen molar-refractivity contribution in [3.63, 3.8) is 0 Å². The van der Waals surface area contributed by atoms with Crippen LogP contribution in [0.15, 0.2) is 5.38 Å². The first-order chi connectivity index (χ1) is 8.43. The molecule has 1 aromatic heterocycles. The highest BCUT2D eigenvalue weighted by Crippen LogP contribution is 2.21. The molecular weight excluding hydrogens is 242 g/mol. The number of aromatic nitrogens is 1. The summed E-state index contributed by atoms with van der Waals surface area (Å²) in [6.07, 6.45) is 3.71. The Morgan fingerprint density at radius 1 is 1.39 bits per heavy atom. The zero-order valence-corrected chi connectivity index (χ0v) is 13.0. The lowest BCUT2D eigenvalue weighted by molar-refractivity contribution is 0.287. The van der Waals surface area contributed by atoms with Gasteiger partial charge in [0.25, 0.3) is 0 Å². The molecule has 18 heavy (non-hydrogen) atoms. The Bertz CT molecular complexity index is 347. The van der Waals surface area contributed by atoms with Crippen LogP contribution in [0.3, 0.4) is 0 Å². The molecule has 3 nitrogen and oxygen atoms in total. The number of aryl methyl sites for hydroxylation is 1. The smallest absolute Gasteiger partial charge is 0.0897 e. The second kappa shape index (κ2) is 7.22. The minimum atomic E-state index is 0.296. The topological polar surface area (TPSA) is 42.2 Å². The number of nitrogens with zero attached hydrogens (tertiary/aromatic N) is 2. The summed E-state index contributed by atoms with van der Waals surface area (Å²) in [5, 5.41) is 3.31. The molecule has 0 saturated carbocycles. The molecule has 0 unspecified atom stereocenters. The molecule has 0 spiro atoms. The van der Waals surface area contributed by atoms with Crippen LogP contribution in [0, 0.1) is 12.3 Å². The number of unbranched alkanes of at least 4 members (excludes halogenated alkanes) is 1. The van der Waals surface area contributed by atoms with Gasteiger partial charge in [-0.05, 0) is 45.3 Å². The summed E-state index contributed by atoms with van der Waals surface area (Å²) < 4.78 is 0. The molecule has 0 aromatic carbocycles. The van der Waals surface area contributed by atoms with Gasteiger partial charge in [0.05, 0.1) is 10.7 Å². The van der Waals surface area contributed by atoms with E-state index in [1.807, 2.05) is 0 Å². The van der Waals surface area contributed by atoms with Gasteiger partial charge < -0.3 is 10.6 Å². The van der Waals surface area contributed by atoms with E-state index >= 15 is 0 Å². The summed E-state index contributed by atoms with van der Waals surface area (Å²) in [5.74, 6) is 0. The summed E-state index contributed by atoms with van der Waals surface area (Å²) in [6, 6.07) is 0. The van der Waals surface area contributed by atoms with Crippen molar-refractivity contribution < 1.29 is 0 Å². The van der Waals surface area contributed by atoms with Gasteiger partial charge in [-0.1, -0.05) is 20.3 Å². The molecule has 2 N–H and O–H groups in total. The van der Waals surface area contributed by atoms with Crippen molar-refractivity contribution >= 4 is 11.3 Å². The quantitative estimate of drug-likeness (QED) is 0.738. The van der Waals surface area contributed by atoms with E-state index in [1.165, 1.54) is 25.0 Å². The molecule has 0 radical (unpaired) electrons. The van der Waals surface area contributed by atoms with E-state index in [4.69, 9.17) is 5.73 Å². The molecule has 0 saturated heterocycles. The fourth-order valence-electron chi connectivity index (χ4n) is 1.92. The predicted molar refractivity (Wildman–Crippen MR) is 79.9 cm³/mol. The van der Waals surface area contributed by atoms with E-state index in [1.54, 1.807) is 11.3 Å². The van der Waals surface area contributed by atoms with E-state index in [0.717, 1.165) is 24.6 Å². The molecule has 0 amide bonds. The van der Waals surface area contributed by atoms with E-state index in [0.29, 0.717) is 5.41 Å². The molecule has 1 aromatic rings. The molecule has 1 heterocycles. The minimum Gasteiger partial charge on any atom is -0.330 e. The van der Waals surface area contributed by atoms with Gasteiger partial charge >= 0.3 is 0 Å². The fourth-order valence-corrected chi connectivity index (χ4v) is 2.53. The Kier molecular flexibility index (Phi) is 6.26. The zero-order chi connectivity index (χ0) is 13.6. The minimum absolute atomic E-state index is 0.296. The lowest BCUT2D eigenvalue weighted by Crippen LogP contribution is -2.24. The van der Waals surface area contributed by atoms with Gasteiger partial charge in [0, 0.05) is 11.9 Å². The third kappa shape index (κ3) is 5.94. The number of hydrogen-bond donors (Lipinski definition) is 1. The maximum Gasteiger partial charge on any atom is 0.0897 e. The third-order valence-electron chi connectivity index (χ3n) is 3.29. The SMILES string of the molecule is Cc1nc(CN(C)CCCCC(C)(C)CN)cs1. The molecule has 0 fully saturated rings. The monoisotopic (exact) mass is 269 g/mol. The van der Waals surface area contributed by atoms with Gasteiger partial charge in [-0.15, -0.1) is 11.3 Å². The first-order valence-electron chi connectivity index (χ1n) is 6.72. The average Bonchev–Trinajstić information content (AvgIpc) is 2.70. The normalized spacial score (nSPS) is 12.3. The number of nitrogens with two attached hydrogens (primary N) is 1. The Balaban J connectivity index is 2.16. The van der Waals surface area contributed by atoms with Crippen LogP contribution in [-0.2, 0) is 6.54 Å². The van der Waals surface area contributed by atoms with E-state index in [2.05, 4.69) is 43.1 Å². The average molecular weight is 269 g/mol. The molecule has 4 heteroatoms. The standard InChI is InChI=1S/C14H27N3S/c1-12-16-13(10-18-12)9-17(4)8-6-5-7-14(2,3)11-15/h10H,5-9,11,15H2,1-4H3. The zero-order valence-electron chi connectivity index (χ0n) is 12.2. The fraction of sp³-hybridized carbons (Fsp3) is 0.786. The highest BCUT2D eigenvalue weighted by Gasteiger charge is 2.14. The number of thiazole rings is 1. The maximum absolute atomic E-state index is 5.74. The summed E-state index contributed by atoms with van der Waals surface area (Å²) in [6.45, 7) is 9.43. The molecule has 104 valence electrons. The second-order valence-corrected chi connectivity index (χ2v) is 6.98. The maximum atomic E-state index is 5.74. The molecule has 0 aliphatic rings. The molecule has 0 aliphatic heterocycles. The van der Waals surface area contributed by atoms with Crippen molar-refractivity contribution in [2.24, 2.45) is 11.1 Å². The van der Waals surface area contributed by atoms with Gasteiger partial charge in [-0.3, -0.25) is 0 Å².